The van der Waals surface area contributed by atoms with Crippen molar-refractivity contribution in [3.05, 3.63) is 5.82 Å². The second kappa shape index (κ2) is 5.84. The van der Waals surface area contributed by atoms with Gasteiger partial charge in [-0.25, -0.2) is 0 Å². The Kier molecular flexibility index (Phi) is 4.43. The first kappa shape index (κ1) is 12.2. The van der Waals surface area contributed by atoms with E-state index in [1.54, 1.807) is 13.8 Å². The van der Waals surface area contributed by atoms with Crippen molar-refractivity contribution in [1.82, 2.24) is 15.2 Å². The van der Waals surface area contributed by atoms with E-state index < -0.39 is 0 Å². The van der Waals surface area contributed by atoms with Crippen LogP contribution in [0.15, 0.2) is 0 Å². The average Bonchev–Trinajstić information content (AvgIpc) is 2.61. The van der Waals surface area contributed by atoms with Crippen molar-refractivity contribution < 1.29 is 14.3 Å². The fraction of sp³-hybridized carbons (Fsp3) is 0.556. The number of amides is 1. The molecule has 0 saturated carbocycles. The Morgan fingerprint density at radius 2 is 2.19 bits per heavy atom. The van der Waals surface area contributed by atoms with Gasteiger partial charge >= 0.3 is 5.97 Å². The zero-order valence-corrected chi connectivity index (χ0v) is 9.24. The van der Waals surface area contributed by atoms with Crippen LogP contribution in [-0.4, -0.2) is 33.7 Å². The monoisotopic (exact) mass is 226 g/mol. The highest BCUT2D eigenvalue weighted by Gasteiger charge is 2.09. The Morgan fingerprint density at radius 3 is 2.75 bits per heavy atom. The number of rotatable bonds is 5. The third-order valence-electron chi connectivity index (χ3n) is 1.71. The molecule has 1 heterocycles. The number of aryl methyl sites for hydroxylation is 1. The molecule has 0 unspecified atom stereocenters. The van der Waals surface area contributed by atoms with Gasteiger partial charge in [0.05, 0.1) is 13.0 Å². The van der Waals surface area contributed by atoms with Crippen LogP contribution in [0.2, 0.25) is 0 Å². The van der Waals surface area contributed by atoms with Crippen LogP contribution in [0, 0.1) is 6.92 Å². The van der Waals surface area contributed by atoms with Gasteiger partial charge in [0.2, 0.25) is 11.9 Å². The number of hydrogen-bond acceptors (Lipinski definition) is 5. The van der Waals surface area contributed by atoms with Gasteiger partial charge in [-0.15, -0.1) is 5.10 Å². The van der Waals surface area contributed by atoms with Crippen molar-refractivity contribution in [2.45, 2.75) is 26.7 Å². The minimum absolute atomic E-state index is 0.0586. The quantitative estimate of drug-likeness (QED) is 0.708. The molecule has 1 aromatic rings. The summed E-state index contributed by atoms with van der Waals surface area (Å²) in [5.74, 6) is 0.128. The maximum atomic E-state index is 11.3. The van der Waals surface area contributed by atoms with E-state index in [2.05, 4.69) is 20.5 Å². The van der Waals surface area contributed by atoms with Crippen molar-refractivity contribution in [3.63, 3.8) is 0 Å². The van der Waals surface area contributed by atoms with Gasteiger partial charge in [-0.3, -0.25) is 20.0 Å². The molecule has 0 spiro atoms. The Morgan fingerprint density at radius 1 is 1.44 bits per heavy atom. The second-order valence-corrected chi connectivity index (χ2v) is 3.10. The molecule has 1 aromatic heterocycles. The van der Waals surface area contributed by atoms with Crippen LogP contribution in [0.25, 0.3) is 0 Å². The van der Waals surface area contributed by atoms with Gasteiger partial charge in [0.1, 0.15) is 5.82 Å². The van der Waals surface area contributed by atoms with Gasteiger partial charge in [-0.2, -0.15) is 4.98 Å². The maximum absolute atomic E-state index is 11.3. The molecule has 0 aliphatic rings. The molecule has 0 aliphatic heterocycles. The zero-order valence-electron chi connectivity index (χ0n) is 9.24. The first-order chi connectivity index (χ1) is 7.61. The molecule has 7 nitrogen and oxygen atoms in total. The highest BCUT2D eigenvalue weighted by Crippen LogP contribution is 2.00. The van der Waals surface area contributed by atoms with E-state index in [-0.39, 0.29) is 30.7 Å². The fourth-order valence-electron chi connectivity index (χ4n) is 1.03. The summed E-state index contributed by atoms with van der Waals surface area (Å²) in [5, 5.41) is 8.79. The number of ether oxygens (including phenoxy) is 1. The van der Waals surface area contributed by atoms with E-state index in [0.29, 0.717) is 12.4 Å². The summed E-state index contributed by atoms with van der Waals surface area (Å²) in [7, 11) is 0. The van der Waals surface area contributed by atoms with Crippen molar-refractivity contribution in [2.75, 3.05) is 11.9 Å². The summed E-state index contributed by atoms with van der Waals surface area (Å²) < 4.78 is 4.69. The van der Waals surface area contributed by atoms with Crippen molar-refractivity contribution in [2.24, 2.45) is 0 Å². The summed E-state index contributed by atoms with van der Waals surface area (Å²) in [5.41, 5.74) is 0. The molecular weight excluding hydrogens is 212 g/mol. The van der Waals surface area contributed by atoms with Crippen molar-refractivity contribution in [3.8, 4) is 0 Å². The number of nitrogens with zero attached hydrogens (tertiary/aromatic N) is 2. The van der Waals surface area contributed by atoms with Crippen LogP contribution in [0.5, 0.6) is 0 Å². The smallest absolute Gasteiger partial charge is 0.306 e. The lowest BCUT2D eigenvalue weighted by Crippen LogP contribution is -2.15. The van der Waals surface area contributed by atoms with Gasteiger partial charge in [0.25, 0.3) is 0 Å². The van der Waals surface area contributed by atoms with Gasteiger partial charge < -0.3 is 4.74 Å². The summed E-state index contributed by atoms with van der Waals surface area (Å²) >= 11 is 0. The normalized spacial score (nSPS) is 9.88. The lowest BCUT2D eigenvalue weighted by atomic mass is 10.3. The van der Waals surface area contributed by atoms with Crippen LogP contribution in [0.1, 0.15) is 25.6 Å². The van der Waals surface area contributed by atoms with Crippen LogP contribution in [0.4, 0.5) is 5.95 Å². The summed E-state index contributed by atoms with van der Waals surface area (Å²) in [6, 6.07) is 0. The molecule has 0 aliphatic carbocycles. The molecule has 0 saturated heterocycles. The van der Waals surface area contributed by atoms with Crippen LogP contribution in [0.3, 0.4) is 0 Å². The average molecular weight is 226 g/mol. The van der Waals surface area contributed by atoms with Gasteiger partial charge in [-0.1, -0.05) is 0 Å². The number of nitrogens with one attached hydrogen (secondary N) is 2. The first-order valence-electron chi connectivity index (χ1n) is 4.96. The Balaban J connectivity index is 2.28. The molecular formula is C9H14N4O3. The predicted octanol–water partition coefficient (Wildman–Crippen LogP) is 0.395. The number of aromatic amines is 1. The Hall–Kier alpha value is -1.92. The molecule has 1 amide bonds. The largest absolute Gasteiger partial charge is 0.466 e. The van der Waals surface area contributed by atoms with Crippen molar-refractivity contribution in [1.29, 1.82) is 0 Å². The molecule has 88 valence electrons. The number of aromatic nitrogens is 3. The molecule has 16 heavy (non-hydrogen) atoms. The molecule has 1 rings (SSSR count). The van der Waals surface area contributed by atoms with Gasteiger partial charge in [0.15, 0.2) is 0 Å². The minimum Gasteiger partial charge on any atom is -0.466 e. The standard InChI is InChI=1S/C9H14N4O3/c1-3-16-8(15)5-4-7(14)11-9-10-6(2)12-13-9/h3-5H2,1-2H3,(H2,10,11,12,13,14). The number of anilines is 1. The molecule has 7 heteroatoms. The highest BCUT2D eigenvalue weighted by molar-refractivity contribution is 5.91. The van der Waals surface area contributed by atoms with E-state index in [9.17, 15) is 9.59 Å². The molecule has 0 atom stereocenters. The molecule has 0 radical (unpaired) electrons. The fourth-order valence-corrected chi connectivity index (χ4v) is 1.03. The predicted molar refractivity (Wildman–Crippen MR) is 55.6 cm³/mol. The molecule has 0 aromatic carbocycles. The van der Waals surface area contributed by atoms with E-state index in [1.807, 2.05) is 0 Å². The van der Waals surface area contributed by atoms with E-state index in [0.717, 1.165) is 0 Å². The highest BCUT2D eigenvalue weighted by atomic mass is 16.5. The Bertz CT molecular complexity index is 375. The number of carbonyl (C=O) groups is 2. The SMILES string of the molecule is CCOC(=O)CCC(=O)Nc1n[nH]c(C)n1. The summed E-state index contributed by atoms with van der Waals surface area (Å²) in [6.07, 6.45) is 0.121. The minimum atomic E-state index is -0.385. The maximum Gasteiger partial charge on any atom is 0.306 e. The third-order valence-corrected chi connectivity index (χ3v) is 1.71. The molecule has 0 fully saturated rings. The summed E-state index contributed by atoms with van der Waals surface area (Å²) in [4.78, 5) is 26.2. The number of carbonyl (C=O) groups excluding carboxylic acids is 2. The lowest BCUT2D eigenvalue weighted by Gasteiger charge is -2.01. The van der Waals surface area contributed by atoms with E-state index in [1.165, 1.54) is 0 Å². The Labute approximate surface area is 92.6 Å². The van der Waals surface area contributed by atoms with Crippen molar-refractivity contribution >= 4 is 17.8 Å². The third kappa shape index (κ3) is 4.07. The van der Waals surface area contributed by atoms with E-state index >= 15 is 0 Å². The van der Waals surface area contributed by atoms with Crippen LogP contribution in [-0.2, 0) is 14.3 Å². The van der Waals surface area contributed by atoms with E-state index in [4.69, 9.17) is 4.74 Å². The number of H-pyrrole nitrogens is 1. The zero-order chi connectivity index (χ0) is 12.0. The van der Waals surface area contributed by atoms with Gasteiger partial charge in [0, 0.05) is 6.42 Å². The van der Waals surface area contributed by atoms with Crippen LogP contribution >= 0.6 is 0 Å². The number of hydrogen-bond donors (Lipinski definition) is 2. The topological polar surface area (TPSA) is 97.0 Å². The summed E-state index contributed by atoms with van der Waals surface area (Å²) in [6.45, 7) is 3.76. The number of esters is 1. The lowest BCUT2D eigenvalue weighted by molar-refractivity contribution is -0.144. The molecule has 2 N–H and O–H groups in total. The van der Waals surface area contributed by atoms with Crippen LogP contribution < -0.4 is 5.32 Å². The second-order valence-electron chi connectivity index (χ2n) is 3.10. The first-order valence-corrected chi connectivity index (χ1v) is 4.96. The van der Waals surface area contributed by atoms with Gasteiger partial charge in [-0.05, 0) is 13.8 Å². The molecule has 0 bridgehead atoms.